The van der Waals surface area contributed by atoms with E-state index in [-0.39, 0.29) is 0 Å². The molecule has 0 aliphatic carbocycles. The Morgan fingerprint density at radius 1 is 0.913 bits per heavy atom. The number of benzene rings is 2. The van der Waals surface area contributed by atoms with E-state index >= 15 is 0 Å². The van der Waals surface area contributed by atoms with Gasteiger partial charge in [0, 0.05) is 11.8 Å². The highest BCUT2D eigenvalue weighted by Crippen LogP contribution is 2.37. The summed E-state index contributed by atoms with van der Waals surface area (Å²) in [5.74, 6) is 1.81. The number of ether oxygens (including phenoxy) is 3. The first-order valence-electron chi connectivity index (χ1n) is 7.64. The molecule has 4 heteroatoms. The highest BCUT2D eigenvalue weighted by atomic mass is 16.5. The molecule has 0 aromatic heterocycles. The van der Waals surface area contributed by atoms with Crippen molar-refractivity contribution in [3.63, 3.8) is 0 Å². The lowest BCUT2D eigenvalue weighted by atomic mass is 10.1. The van der Waals surface area contributed by atoms with Crippen LogP contribution in [-0.2, 0) is 6.42 Å². The van der Waals surface area contributed by atoms with Gasteiger partial charge < -0.3 is 14.2 Å². The summed E-state index contributed by atoms with van der Waals surface area (Å²) in [5.41, 5.74) is 3.13. The molecular formula is C19H23NO3. The van der Waals surface area contributed by atoms with Crippen molar-refractivity contribution in [1.29, 1.82) is 0 Å². The Balaban J connectivity index is 2.24. The lowest BCUT2D eigenvalue weighted by Gasteiger charge is -2.12. The van der Waals surface area contributed by atoms with Crippen LogP contribution in [0, 0.1) is 0 Å². The van der Waals surface area contributed by atoms with Crippen LogP contribution in [0.5, 0.6) is 17.2 Å². The lowest BCUT2D eigenvalue weighted by molar-refractivity contribution is 0.324. The van der Waals surface area contributed by atoms with Gasteiger partial charge in [-0.15, -0.1) is 0 Å². The summed E-state index contributed by atoms with van der Waals surface area (Å²) in [4.78, 5) is 4.51. The largest absolute Gasteiger partial charge is 0.493 e. The van der Waals surface area contributed by atoms with Crippen LogP contribution in [0.2, 0.25) is 0 Å². The van der Waals surface area contributed by atoms with E-state index in [0.717, 1.165) is 24.1 Å². The average molecular weight is 313 g/mol. The molecule has 4 nitrogen and oxygen atoms in total. The zero-order valence-corrected chi connectivity index (χ0v) is 14.1. The van der Waals surface area contributed by atoms with Crippen molar-refractivity contribution in [2.75, 3.05) is 21.3 Å². The molecule has 2 aromatic carbocycles. The number of aryl methyl sites for hydroxylation is 1. The molecule has 0 saturated heterocycles. The van der Waals surface area contributed by atoms with E-state index in [1.165, 1.54) is 5.56 Å². The third-order valence-corrected chi connectivity index (χ3v) is 3.52. The summed E-state index contributed by atoms with van der Waals surface area (Å²) in [6.45, 7) is 2.18. The molecule has 0 atom stereocenters. The van der Waals surface area contributed by atoms with Crippen molar-refractivity contribution in [1.82, 2.24) is 0 Å². The number of hydrogen-bond acceptors (Lipinski definition) is 4. The van der Waals surface area contributed by atoms with Crippen LogP contribution in [0.1, 0.15) is 24.5 Å². The van der Waals surface area contributed by atoms with Crippen molar-refractivity contribution < 1.29 is 14.2 Å². The Hall–Kier alpha value is -2.49. The van der Waals surface area contributed by atoms with E-state index < -0.39 is 0 Å². The van der Waals surface area contributed by atoms with Crippen molar-refractivity contribution in [2.45, 2.75) is 19.8 Å². The SMILES string of the molecule is CCCc1ccc(N=Cc2cc(OC)c(OC)c(OC)c2)cc1. The molecule has 0 fully saturated rings. The van der Waals surface area contributed by atoms with Gasteiger partial charge in [0.25, 0.3) is 0 Å². The fourth-order valence-electron chi connectivity index (χ4n) is 2.36. The van der Waals surface area contributed by atoms with Crippen molar-refractivity contribution >= 4 is 11.9 Å². The molecule has 0 bridgehead atoms. The molecule has 2 aromatic rings. The van der Waals surface area contributed by atoms with Crippen LogP contribution in [0.25, 0.3) is 0 Å². The van der Waals surface area contributed by atoms with Gasteiger partial charge in [0.05, 0.1) is 27.0 Å². The Labute approximate surface area is 137 Å². The fraction of sp³-hybridized carbons (Fsp3) is 0.316. The van der Waals surface area contributed by atoms with Gasteiger partial charge in [-0.25, -0.2) is 0 Å². The monoisotopic (exact) mass is 313 g/mol. The van der Waals surface area contributed by atoms with E-state index in [1.807, 2.05) is 24.3 Å². The topological polar surface area (TPSA) is 40.0 Å². The summed E-state index contributed by atoms with van der Waals surface area (Å²) >= 11 is 0. The number of methoxy groups -OCH3 is 3. The summed E-state index contributed by atoms with van der Waals surface area (Å²) in [6.07, 6.45) is 4.03. The third kappa shape index (κ3) is 4.25. The van der Waals surface area contributed by atoms with Gasteiger partial charge in [0.2, 0.25) is 5.75 Å². The van der Waals surface area contributed by atoms with Gasteiger partial charge in [0.1, 0.15) is 0 Å². The normalized spacial score (nSPS) is 10.8. The van der Waals surface area contributed by atoms with E-state index in [4.69, 9.17) is 14.2 Å². The maximum atomic E-state index is 5.35. The number of hydrogen-bond donors (Lipinski definition) is 0. The molecule has 0 aliphatic heterocycles. The first-order chi connectivity index (χ1) is 11.2. The molecule has 0 N–H and O–H groups in total. The third-order valence-electron chi connectivity index (χ3n) is 3.52. The number of nitrogens with zero attached hydrogens (tertiary/aromatic N) is 1. The summed E-state index contributed by atoms with van der Waals surface area (Å²) in [6, 6.07) is 12.0. The Morgan fingerprint density at radius 3 is 2.00 bits per heavy atom. The zero-order chi connectivity index (χ0) is 16.7. The quantitative estimate of drug-likeness (QED) is 0.711. The number of rotatable bonds is 7. The first kappa shape index (κ1) is 16.9. The van der Waals surface area contributed by atoms with Crippen LogP contribution >= 0.6 is 0 Å². The molecule has 0 heterocycles. The summed E-state index contributed by atoms with van der Waals surface area (Å²) < 4.78 is 16.0. The van der Waals surface area contributed by atoms with Gasteiger partial charge in [-0.3, -0.25) is 4.99 Å². The van der Waals surface area contributed by atoms with Crippen LogP contribution in [-0.4, -0.2) is 27.5 Å². The second-order valence-corrected chi connectivity index (χ2v) is 5.13. The fourth-order valence-corrected chi connectivity index (χ4v) is 2.36. The molecule has 23 heavy (non-hydrogen) atoms. The van der Waals surface area contributed by atoms with Crippen molar-refractivity contribution in [3.8, 4) is 17.2 Å². The second-order valence-electron chi connectivity index (χ2n) is 5.13. The predicted octanol–water partition coefficient (Wildman–Crippen LogP) is 4.42. The van der Waals surface area contributed by atoms with Gasteiger partial charge >= 0.3 is 0 Å². The molecular weight excluding hydrogens is 290 g/mol. The van der Waals surface area contributed by atoms with Gasteiger partial charge in [-0.2, -0.15) is 0 Å². The minimum Gasteiger partial charge on any atom is -0.493 e. The van der Waals surface area contributed by atoms with Crippen molar-refractivity contribution in [3.05, 3.63) is 47.5 Å². The maximum absolute atomic E-state index is 5.35. The molecule has 0 unspecified atom stereocenters. The van der Waals surface area contributed by atoms with E-state index in [1.54, 1.807) is 27.5 Å². The zero-order valence-electron chi connectivity index (χ0n) is 14.1. The highest BCUT2D eigenvalue weighted by molar-refractivity contribution is 5.84. The second kappa shape index (κ2) is 8.22. The van der Waals surface area contributed by atoms with E-state index in [0.29, 0.717) is 17.2 Å². The maximum Gasteiger partial charge on any atom is 0.203 e. The van der Waals surface area contributed by atoms with Crippen LogP contribution < -0.4 is 14.2 Å². The van der Waals surface area contributed by atoms with E-state index in [2.05, 4.69) is 24.0 Å². The van der Waals surface area contributed by atoms with Crippen molar-refractivity contribution in [2.24, 2.45) is 4.99 Å². The lowest BCUT2D eigenvalue weighted by Crippen LogP contribution is -1.96. The average Bonchev–Trinajstić information content (AvgIpc) is 2.60. The highest BCUT2D eigenvalue weighted by Gasteiger charge is 2.12. The van der Waals surface area contributed by atoms with E-state index in [9.17, 15) is 0 Å². The minimum atomic E-state index is 0.580. The standard InChI is InChI=1S/C19H23NO3/c1-5-6-14-7-9-16(10-8-14)20-13-15-11-17(21-2)19(23-4)18(12-15)22-3/h7-13H,5-6H2,1-4H3. The van der Waals surface area contributed by atoms with Gasteiger partial charge in [-0.05, 0) is 36.2 Å². The van der Waals surface area contributed by atoms with Gasteiger partial charge in [0.15, 0.2) is 11.5 Å². The van der Waals surface area contributed by atoms with Gasteiger partial charge in [-0.1, -0.05) is 25.5 Å². The first-order valence-corrected chi connectivity index (χ1v) is 7.64. The molecule has 0 saturated carbocycles. The Kier molecular flexibility index (Phi) is 6.03. The van der Waals surface area contributed by atoms with Crippen LogP contribution in [0.3, 0.4) is 0 Å². The van der Waals surface area contributed by atoms with Crippen LogP contribution in [0.15, 0.2) is 41.4 Å². The molecule has 122 valence electrons. The summed E-state index contributed by atoms with van der Waals surface area (Å²) in [7, 11) is 4.79. The number of aliphatic imine (C=N–C) groups is 1. The Bertz CT molecular complexity index is 638. The molecule has 0 radical (unpaired) electrons. The summed E-state index contributed by atoms with van der Waals surface area (Å²) in [5, 5.41) is 0. The Morgan fingerprint density at radius 2 is 1.52 bits per heavy atom. The molecule has 0 aliphatic rings. The molecule has 2 rings (SSSR count). The predicted molar refractivity (Wildman–Crippen MR) is 93.8 cm³/mol. The smallest absolute Gasteiger partial charge is 0.203 e. The molecule has 0 spiro atoms. The van der Waals surface area contributed by atoms with Crippen LogP contribution in [0.4, 0.5) is 5.69 Å². The molecule has 0 amide bonds. The minimum absolute atomic E-state index is 0.580.